The third kappa shape index (κ3) is 6.47. The smallest absolute Gasteiger partial charge is 0.406 e. The zero-order valence-corrected chi connectivity index (χ0v) is 22.6. The monoisotopic (exact) mass is 569 g/mol. The third-order valence-electron chi connectivity index (χ3n) is 6.64. The minimum Gasteiger partial charge on any atom is -0.406 e. The Bertz CT molecular complexity index is 1450. The lowest BCUT2D eigenvalue weighted by atomic mass is 9.95. The van der Waals surface area contributed by atoms with Gasteiger partial charge in [-0.1, -0.05) is 59.7 Å². The number of fused-ring (bicyclic) bond motifs is 1. The van der Waals surface area contributed by atoms with Crippen molar-refractivity contribution in [1.29, 1.82) is 0 Å². The molecule has 4 N–H and O–H groups in total. The molecule has 2 aliphatic heterocycles. The number of hydrogen-bond donors (Lipinski definition) is 4. The van der Waals surface area contributed by atoms with Crippen molar-refractivity contribution in [3.05, 3.63) is 83.3 Å². The maximum atomic E-state index is 13.5. The van der Waals surface area contributed by atoms with Crippen LogP contribution in [0.1, 0.15) is 36.9 Å². The predicted molar refractivity (Wildman–Crippen MR) is 147 cm³/mol. The van der Waals surface area contributed by atoms with E-state index in [-0.39, 0.29) is 18.5 Å². The lowest BCUT2D eigenvalue weighted by Gasteiger charge is -2.36. The van der Waals surface area contributed by atoms with Crippen molar-refractivity contribution in [3.63, 3.8) is 0 Å². The number of aliphatic imine (C=N–C) groups is 1. The van der Waals surface area contributed by atoms with E-state index in [0.29, 0.717) is 11.4 Å². The van der Waals surface area contributed by atoms with Crippen molar-refractivity contribution < 1.29 is 27.1 Å². The van der Waals surface area contributed by atoms with Gasteiger partial charge in [0.15, 0.2) is 0 Å². The number of ether oxygens (including phenoxy) is 1. The van der Waals surface area contributed by atoms with Crippen LogP contribution in [0.2, 0.25) is 0 Å². The topological polar surface area (TPSA) is 126 Å². The van der Waals surface area contributed by atoms with Crippen LogP contribution in [-0.2, 0) is 9.53 Å². The number of para-hydroxylation sites is 1. The Kier molecular flexibility index (Phi) is 7.93. The summed E-state index contributed by atoms with van der Waals surface area (Å²) in [6, 6.07) is 15.0. The van der Waals surface area contributed by atoms with Crippen molar-refractivity contribution in [3.8, 4) is 0 Å². The molecular formula is C28H30F3N7O3. The maximum Gasteiger partial charge on any atom is 0.413 e. The minimum absolute atomic E-state index is 0.0419. The maximum absolute atomic E-state index is 13.5. The fraction of sp³-hybridized carbons (Fsp3) is 0.357. The summed E-state index contributed by atoms with van der Waals surface area (Å²) >= 11 is 0. The first-order chi connectivity index (χ1) is 19.5. The molecule has 0 fully saturated rings. The summed E-state index contributed by atoms with van der Waals surface area (Å²) < 4.78 is 51.7. The van der Waals surface area contributed by atoms with Gasteiger partial charge in [0.2, 0.25) is 12.1 Å². The van der Waals surface area contributed by atoms with Crippen LogP contribution in [0, 0.1) is 0 Å². The summed E-state index contributed by atoms with van der Waals surface area (Å²) in [5.41, 5.74) is 1.35. The van der Waals surface area contributed by atoms with E-state index in [1.807, 2.05) is 62.4 Å². The Morgan fingerprint density at radius 2 is 1.80 bits per heavy atom. The van der Waals surface area contributed by atoms with Gasteiger partial charge in [-0.2, -0.15) is 13.2 Å². The molecule has 41 heavy (non-hydrogen) atoms. The first kappa shape index (κ1) is 28.5. The van der Waals surface area contributed by atoms with Crippen LogP contribution in [0.15, 0.2) is 75.7 Å². The molecule has 1 amide bonds. The zero-order valence-electron chi connectivity index (χ0n) is 22.6. The highest BCUT2D eigenvalue weighted by molar-refractivity contribution is 6.19. The molecule has 3 atom stereocenters. The Morgan fingerprint density at radius 3 is 2.54 bits per heavy atom. The predicted octanol–water partition coefficient (Wildman–Crippen LogP) is 3.81. The standard InChI is InChI=1S/C28H30F3N7O3/c1-27(2,15-40-3)36-20-13-17(28(29,30)31)14-32-22(20)25-37-38-26(41-25)35-23-24(39)33-19-12-8-7-11-18(19)21(34-23)16-9-5-4-6-10-16/h4-13,20,22-23,32,36H,14-15H2,1-3H3,(H,33,39)(H,35,38)/t20?,22?,23-/m1/s1. The summed E-state index contributed by atoms with van der Waals surface area (Å²) in [5, 5.41) is 19.9. The quantitative estimate of drug-likeness (QED) is 0.302. The van der Waals surface area contributed by atoms with E-state index in [0.717, 1.165) is 17.2 Å². The van der Waals surface area contributed by atoms with Gasteiger partial charge in [-0.25, -0.2) is 4.99 Å². The molecule has 3 heterocycles. The van der Waals surface area contributed by atoms with Crippen LogP contribution in [0.4, 0.5) is 24.9 Å². The molecule has 2 unspecified atom stereocenters. The first-order valence-corrected chi connectivity index (χ1v) is 13.0. The number of carbonyl (C=O) groups is 1. The van der Waals surface area contributed by atoms with E-state index >= 15 is 0 Å². The fourth-order valence-electron chi connectivity index (χ4n) is 4.85. The molecule has 0 bridgehead atoms. The van der Waals surface area contributed by atoms with Crippen LogP contribution in [-0.4, -0.2) is 66.0 Å². The number of rotatable bonds is 8. The first-order valence-electron chi connectivity index (χ1n) is 13.0. The molecule has 0 saturated carbocycles. The Hall–Kier alpha value is -4.07. The second-order valence-electron chi connectivity index (χ2n) is 10.4. The number of carbonyl (C=O) groups excluding carboxylic acids is 1. The second kappa shape index (κ2) is 11.4. The number of nitrogens with zero attached hydrogens (tertiary/aromatic N) is 3. The van der Waals surface area contributed by atoms with E-state index in [9.17, 15) is 18.0 Å². The van der Waals surface area contributed by atoms with E-state index in [2.05, 4.69) is 31.5 Å². The minimum atomic E-state index is -4.50. The van der Waals surface area contributed by atoms with Crippen molar-refractivity contribution in [1.82, 2.24) is 20.8 Å². The Balaban J connectivity index is 1.43. The molecule has 5 rings (SSSR count). The number of nitrogens with one attached hydrogen (secondary N) is 4. The largest absolute Gasteiger partial charge is 0.413 e. The van der Waals surface area contributed by atoms with E-state index < -0.39 is 48.0 Å². The lowest BCUT2D eigenvalue weighted by Crippen LogP contribution is -2.55. The molecule has 0 radical (unpaired) electrons. The Morgan fingerprint density at radius 1 is 1.07 bits per heavy atom. The number of aromatic nitrogens is 2. The summed E-state index contributed by atoms with van der Waals surface area (Å²) in [5.74, 6) is -0.405. The van der Waals surface area contributed by atoms with Crippen LogP contribution in [0.25, 0.3) is 0 Å². The van der Waals surface area contributed by atoms with Crippen molar-refractivity contribution in [2.75, 3.05) is 30.9 Å². The highest BCUT2D eigenvalue weighted by Gasteiger charge is 2.41. The second-order valence-corrected chi connectivity index (χ2v) is 10.4. The van der Waals surface area contributed by atoms with Gasteiger partial charge < -0.3 is 30.4 Å². The summed E-state index contributed by atoms with van der Waals surface area (Å²) in [4.78, 5) is 17.8. The van der Waals surface area contributed by atoms with E-state index in [1.54, 1.807) is 6.07 Å². The van der Waals surface area contributed by atoms with Crippen LogP contribution >= 0.6 is 0 Å². The third-order valence-corrected chi connectivity index (χ3v) is 6.64. The van der Waals surface area contributed by atoms with Gasteiger partial charge in [0.25, 0.3) is 5.91 Å². The molecule has 2 aliphatic rings. The van der Waals surface area contributed by atoms with Gasteiger partial charge in [0.05, 0.1) is 24.0 Å². The molecule has 216 valence electrons. The summed E-state index contributed by atoms with van der Waals surface area (Å²) in [6.07, 6.45) is -4.50. The zero-order chi connectivity index (χ0) is 29.2. The number of amides is 1. The van der Waals surface area contributed by atoms with Gasteiger partial charge >= 0.3 is 12.2 Å². The number of methoxy groups -OCH3 is 1. The molecule has 3 aromatic rings. The molecule has 0 aliphatic carbocycles. The lowest BCUT2D eigenvalue weighted by molar-refractivity contribution is -0.116. The molecule has 1 aromatic heterocycles. The van der Waals surface area contributed by atoms with Crippen molar-refractivity contribution in [2.24, 2.45) is 4.99 Å². The van der Waals surface area contributed by atoms with Crippen LogP contribution < -0.4 is 21.3 Å². The molecule has 13 heteroatoms. The van der Waals surface area contributed by atoms with Gasteiger partial charge in [-0.15, -0.1) is 5.10 Å². The number of benzene rings is 2. The van der Waals surface area contributed by atoms with Gasteiger partial charge in [0.1, 0.15) is 6.04 Å². The van der Waals surface area contributed by atoms with Gasteiger partial charge in [-0.3, -0.25) is 4.79 Å². The normalized spacial score (nSPS) is 21.3. The molecule has 0 spiro atoms. The van der Waals surface area contributed by atoms with Gasteiger partial charge in [-0.05, 0) is 19.9 Å². The van der Waals surface area contributed by atoms with Crippen LogP contribution in [0.5, 0.6) is 0 Å². The number of benzodiazepines with no additional fused rings is 1. The number of alkyl halides is 3. The number of hydrogen-bond acceptors (Lipinski definition) is 9. The number of anilines is 2. The molecular weight excluding hydrogens is 539 g/mol. The molecule has 0 saturated heterocycles. The SMILES string of the molecule is COCC(C)(C)NC1C=C(C(F)(F)F)CNC1c1nnc(N[C@H]2N=C(c3ccccc3)c3ccccc3NC2=O)o1. The van der Waals surface area contributed by atoms with E-state index in [1.165, 1.54) is 7.11 Å². The highest BCUT2D eigenvalue weighted by Crippen LogP contribution is 2.32. The summed E-state index contributed by atoms with van der Waals surface area (Å²) in [7, 11) is 1.51. The van der Waals surface area contributed by atoms with Crippen LogP contribution in [0.3, 0.4) is 0 Å². The van der Waals surface area contributed by atoms with Crippen molar-refractivity contribution >= 4 is 23.3 Å². The van der Waals surface area contributed by atoms with Crippen molar-refractivity contribution in [2.45, 2.75) is 43.8 Å². The number of halogens is 3. The summed E-state index contributed by atoms with van der Waals surface area (Å²) in [6.45, 7) is 3.45. The molecule has 10 nitrogen and oxygen atoms in total. The molecule has 2 aromatic carbocycles. The highest BCUT2D eigenvalue weighted by atomic mass is 19.4. The Labute approximate surface area is 234 Å². The van der Waals surface area contributed by atoms with E-state index in [4.69, 9.17) is 14.1 Å². The average molecular weight is 570 g/mol. The van der Waals surface area contributed by atoms with Gasteiger partial charge in [0, 0.05) is 35.9 Å². The average Bonchev–Trinajstić information content (AvgIpc) is 3.34. The fourth-order valence-corrected chi connectivity index (χ4v) is 4.85.